The number of benzene rings is 1. The maximum absolute atomic E-state index is 9.45. The van der Waals surface area contributed by atoms with Crippen LogP contribution in [0.2, 0.25) is 0 Å². The van der Waals surface area contributed by atoms with E-state index in [1.807, 2.05) is 0 Å². The predicted octanol–water partition coefficient (Wildman–Crippen LogP) is 2.48. The van der Waals surface area contributed by atoms with Gasteiger partial charge in [0.2, 0.25) is 0 Å². The minimum absolute atomic E-state index is 0.158. The quantitative estimate of drug-likeness (QED) is 0.822. The molecule has 1 saturated carbocycles. The first-order chi connectivity index (χ1) is 7.78. The number of piperidine rings is 1. The van der Waals surface area contributed by atoms with Gasteiger partial charge in [-0.15, -0.1) is 0 Å². The van der Waals surface area contributed by atoms with E-state index in [0.29, 0.717) is 0 Å². The van der Waals surface area contributed by atoms with E-state index in [-0.39, 0.29) is 6.61 Å². The normalized spacial score (nSPS) is 27.8. The smallest absolute Gasteiger partial charge is 0.0702 e. The molecule has 0 aromatic heterocycles. The minimum atomic E-state index is 0.158. The molecule has 0 radical (unpaired) electrons. The average Bonchev–Trinajstić information content (AvgIpc) is 2.90. The van der Waals surface area contributed by atoms with Crippen molar-refractivity contribution in [2.24, 2.45) is 5.92 Å². The van der Waals surface area contributed by atoms with Crippen LogP contribution in [-0.2, 0) is 6.61 Å². The highest BCUT2D eigenvalue weighted by molar-refractivity contribution is 5.56. The van der Waals surface area contributed by atoms with Gasteiger partial charge < -0.3 is 10.0 Å². The molecule has 1 aliphatic heterocycles. The SMILES string of the molecule is Cc1ccc(N2CC3CCC2C3)c(CO)c1. The van der Waals surface area contributed by atoms with Gasteiger partial charge >= 0.3 is 0 Å². The predicted molar refractivity (Wildman–Crippen MR) is 65.6 cm³/mol. The molecule has 0 spiro atoms. The fourth-order valence-electron chi connectivity index (χ4n) is 3.34. The Balaban J connectivity index is 1.94. The van der Waals surface area contributed by atoms with Crippen LogP contribution in [0.1, 0.15) is 30.4 Å². The highest BCUT2D eigenvalue weighted by Gasteiger charge is 2.38. The average molecular weight is 217 g/mol. The highest BCUT2D eigenvalue weighted by Crippen LogP contribution is 2.41. The zero-order chi connectivity index (χ0) is 11.1. The van der Waals surface area contributed by atoms with Crippen LogP contribution < -0.4 is 4.90 Å². The van der Waals surface area contributed by atoms with E-state index in [9.17, 15) is 5.11 Å². The number of aryl methyl sites for hydroxylation is 1. The third-order valence-corrected chi connectivity index (χ3v) is 4.12. The second kappa shape index (κ2) is 3.77. The molecule has 2 atom stereocenters. The Hall–Kier alpha value is -1.02. The Morgan fingerprint density at radius 1 is 1.38 bits per heavy atom. The van der Waals surface area contributed by atoms with Crippen LogP contribution in [0, 0.1) is 12.8 Å². The fraction of sp³-hybridized carbons (Fsp3) is 0.571. The van der Waals surface area contributed by atoms with Crippen molar-refractivity contribution in [2.45, 2.75) is 38.8 Å². The van der Waals surface area contributed by atoms with Crippen LogP contribution in [0.15, 0.2) is 18.2 Å². The lowest BCUT2D eigenvalue weighted by Gasteiger charge is -2.31. The molecule has 1 saturated heterocycles. The first-order valence-corrected chi connectivity index (χ1v) is 6.25. The van der Waals surface area contributed by atoms with Gasteiger partial charge in [-0.3, -0.25) is 0 Å². The van der Waals surface area contributed by atoms with Crippen molar-refractivity contribution in [2.75, 3.05) is 11.4 Å². The molecule has 1 aromatic carbocycles. The van der Waals surface area contributed by atoms with Crippen LogP contribution in [0.4, 0.5) is 5.69 Å². The number of rotatable bonds is 2. The Kier molecular flexibility index (Phi) is 2.40. The zero-order valence-corrected chi connectivity index (χ0v) is 9.82. The summed E-state index contributed by atoms with van der Waals surface area (Å²) in [6, 6.07) is 7.18. The number of hydrogen-bond donors (Lipinski definition) is 1. The molecule has 2 unspecified atom stereocenters. The van der Waals surface area contributed by atoms with E-state index < -0.39 is 0 Å². The summed E-state index contributed by atoms with van der Waals surface area (Å²) in [5, 5.41) is 9.45. The van der Waals surface area contributed by atoms with Gasteiger partial charge in [-0.25, -0.2) is 0 Å². The molecular weight excluding hydrogens is 198 g/mol. The summed E-state index contributed by atoms with van der Waals surface area (Å²) in [6.45, 7) is 3.44. The van der Waals surface area contributed by atoms with Crippen molar-refractivity contribution in [3.05, 3.63) is 29.3 Å². The second-order valence-corrected chi connectivity index (χ2v) is 5.28. The summed E-state index contributed by atoms with van der Waals surface area (Å²) in [7, 11) is 0. The first kappa shape index (κ1) is 10.2. The summed E-state index contributed by atoms with van der Waals surface area (Å²) < 4.78 is 0. The molecule has 2 heteroatoms. The molecule has 2 bridgehead atoms. The molecular formula is C14H19NO. The van der Waals surface area contributed by atoms with Crippen LogP contribution in [0.5, 0.6) is 0 Å². The molecule has 3 rings (SSSR count). The Morgan fingerprint density at radius 3 is 2.88 bits per heavy atom. The zero-order valence-electron chi connectivity index (χ0n) is 9.82. The number of fused-ring (bicyclic) bond motifs is 2. The van der Waals surface area contributed by atoms with Gasteiger partial charge in [-0.05, 0) is 38.2 Å². The molecule has 16 heavy (non-hydrogen) atoms. The Labute approximate surface area is 96.9 Å². The number of aliphatic hydroxyl groups is 1. The van der Waals surface area contributed by atoms with Gasteiger partial charge in [0.05, 0.1) is 6.61 Å². The van der Waals surface area contributed by atoms with Crippen molar-refractivity contribution < 1.29 is 5.11 Å². The molecule has 1 N–H and O–H groups in total. The van der Waals surface area contributed by atoms with E-state index in [4.69, 9.17) is 0 Å². The summed E-state index contributed by atoms with van der Waals surface area (Å²) in [5.41, 5.74) is 3.59. The maximum Gasteiger partial charge on any atom is 0.0702 e. The number of aliphatic hydroxyl groups excluding tert-OH is 1. The monoisotopic (exact) mass is 217 g/mol. The van der Waals surface area contributed by atoms with Gasteiger partial charge in [0, 0.05) is 23.8 Å². The third-order valence-electron chi connectivity index (χ3n) is 4.12. The second-order valence-electron chi connectivity index (χ2n) is 5.28. The first-order valence-electron chi connectivity index (χ1n) is 6.25. The number of hydrogen-bond acceptors (Lipinski definition) is 2. The van der Waals surface area contributed by atoms with Gasteiger partial charge in [0.15, 0.2) is 0 Å². The summed E-state index contributed by atoms with van der Waals surface area (Å²) in [4.78, 5) is 2.51. The van der Waals surface area contributed by atoms with E-state index in [1.165, 1.54) is 37.1 Å². The molecule has 86 valence electrons. The van der Waals surface area contributed by atoms with Gasteiger partial charge in [-0.2, -0.15) is 0 Å². The van der Waals surface area contributed by atoms with Crippen molar-refractivity contribution in [3.8, 4) is 0 Å². The molecule has 1 heterocycles. The number of nitrogens with zero attached hydrogens (tertiary/aromatic N) is 1. The fourth-order valence-corrected chi connectivity index (χ4v) is 3.34. The van der Waals surface area contributed by atoms with Crippen LogP contribution in [-0.4, -0.2) is 17.7 Å². The molecule has 1 aliphatic carbocycles. The highest BCUT2D eigenvalue weighted by atomic mass is 16.3. The largest absolute Gasteiger partial charge is 0.392 e. The lowest BCUT2D eigenvalue weighted by atomic mass is 10.1. The van der Waals surface area contributed by atoms with Crippen molar-refractivity contribution >= 4 is 5.69 Å². The maximum atomic E-state index is 9.45. The lowest BCUT2D eigenvalue weighted by Crippen LogP contribution is -2.32. The van der Waals surface area contributed by atoms with E-state index in [1.54, 1.807) is 0 Å². The standard InChI is InChI=1S/C14H19NO/c1-10-2-5-14(12(6-10)9-16)15-8-11-3-4-13(15)7-11/h2,5-6,11,13,16H,3-4,7-9H2,1H3. The summed E-state index contributed by atoms with van der Waals surface area (Å²) in [6.07, 6.45) is 4.10. The lowest BCUT2D eigenvalue weighted by molar-refractivity contribution is 0.281. The minimum Gasteiger partial charge on any atom is -0.392 e. The molecule has 2 aliphatic rings. The van der Waals surface area contributed by atoms with Crippen LogP contribution in [0.3, 0.4) is 0 Å². The van der Waals surface area contributed by atoms with E-state index in [0.717, 1.165) is 17.5 Å². The van der Waals surface area contributed by atoms with Gasteiger partial charge in [-0.1, -0.05) is 17.7 Å². The third kappa shape index (κ3) is 1.52. The van der Waals surface area contributed by atoms with Crippen molar-refractivity contribution in [3.63, 3.8) is 0 Å². The number of anilines is 1. The van der Waals surface area contributed by atoms with Gasteiger partial charge in [0.1, 0.15) is 0 Å². The summed E-state index contributed by atoms with van der Waals surface area (Å²) in [5.74, 6) is 0.901. The molecule has 0 amide bonds. The topological polar surface area (TPSA) is 23.5 Å². The van der Waals surface area contributed by atoms with E-state index in [2.05, 4.69) is 30.0 Å². The van der Waals surface area contributed by atoms with Gasteiger partial charge in [0.25, 0.3) is 0 Å². The van der Waals surface area contributed by atoms with Crippen LogP contribution >= 0.6 is 0 Å². The molecule has 2 fully saturated rings. The Bertz CT molecular complexity index is 402. The van der Waals surface area contributed by atoms with Crippen LogP contribution in [0.25, 0.3) is 0 Å². The van der Waals surface area contributed by atoms with Crippen molar-refractivity contribution in [1.29, 1.82) is 0 Å². The molecule has 1 aromatic rings. The summed E-state index contributed by atoms with van der Waals surface area (Å²) >= 11 is 0. The molecule has 2 nitrogen and oxygen atoms in total. The van der Waals surface area contributed by atoms with Crippen molar-refractivity contribution in [1.82, 2.24) is 0 Å². The Morgan fingerprint density at radius 2 is 2.25 bits per heavy atom. The van der Waals surface area contributed by atoms with E-state index >= 15 is 0 Å².